The highest BCUT2D eigenvalue weighted by atomic mass is 79.9. The van der Waals surface area contributed by atoms with Crippen LogP contribution in [0.3, 0.4) is 0 Å². The fourth-order valence-electron chi connectivity index (χ4n) is 2.02. The van der Waals surface area contributed by atoms with Crippen molar-refractivity contribution in [2.24, 2.45) is 0 Å². The van der Waals surface area contributed by atoms with Gasteiger partial charge in [-0.1, -0.05) is 65.5 Å². The number of alkyl halides is 3. The van der Waals surface area contributed by atoms with Crippen molar-refractivity contribution in [3.63, 3.8) is 0 Å². The number of ether oxygens (including phenoxy) is 1. The highest BCUT2D eigenvalue weighted by Crippen LogP contribution is 2.67. The zero-order chi connectivity index (χ0) is 14.8. The highest BCUT2D eigenvalue weighted by Gasteiger charge is 2.62. The predicted octanol–water partition coefficient (Wildman–Crippen LogP) is 5.35. The predicted molar refractivity (Wildman–Crippen MR) is 92.2 cm³/mol. The number of unbranched alkanes of at least 4 members (excludes halogenated alkanes) is 1. The van der Waals surface area contributed by atoms with E-state index < -0.39 is 0 Å². The van der Waals surface area contributed by atoms with Gasteiger partial charge in [-0.25, -0.2) is 4.79 Å². The molecule has 5 heteroatoms. The van der Waals surface area contributed by atoms with Crippen LogP contribution >= 0.6 is 47.8 Å². The molecular weight excluding hydrogens is 452 g/mol. The second-order valence-electron chi connectivity index (χ2n) is 5.31. The van der Waals surface area contributed by atoms with Gasteiger partial charge in [0.2, 0.25) is 0 Å². The Labute approximate surface area is 145 Å². The Morgan fingerprint density at radius 2 is 1.80 bits per heavy atom. The smallest absolute Gasteiger partial charge is 0.338 e. The average molecular weight is 469 g/mol. The number of esters is 1. The van der Waals surface area contributed by atoms with E-state index in [9.17, 15) is 4.79 Å². The molecule has 1 aromatic rings. The topological polar surface area (TPSA) is 26.3 Å². The molecule has 0 radical (unpaired) electrons. The highest BCUT2D eigenvalue weighted by molar-refractivity contribution is 9.26. The van der Waals surface area contributed by atoms with Crippen LogP contribution in [0, 0.1) is 6.92 Å². The Bertz CT molecular complexity index is 484. The lowest BCUT2D eigenvalue weighted by Crippen LogP contribution is -2.09. The van der Waals surface area contributed by atoms with Crippen molar-refractivity contribution in [1.82, 2.24) is 0 Å². The van der Waals surface area contributed by atoms with Crippen molar-refractivity contribution < 1.29 is 9.53 Å². The number of aryl methyl sites for hydroxylation is 1. The van der Waals surface area contributed by atoms with E-state index in [1.54, 1.807) is 12.1 Å². The third-order valence-electron chi connectivity index (χ3n) is 3.52. The van der Waals surface area contributed by atoms with Crippen LogP contribution < -0.4 is 0 Å². The number of carbonyl (C=O) groups excluding carboxylic acids is 1. The first-order valence-corrected chi connectivity index (χ1v) is 9.02. The zero-order valence-electron chi connectivity index (χ0n) is 11.3. The lowest BCUT2D eigenvalue weighted by atomic mass is 10.1. The van der Waals surface area contributed by atoms with Gasteiger partial charge in [-0.15, -0.1) is 0 Å². The van der Waals surface area contributed by atoms with Gasteiger partial charge in [-0.2, -0.15) is 0 Å². The van der Waals surface area contributed by atoms with Gasteiger partial charge in [0.05, 0.1) is 19.7 Å². The molecule has 0 spiro atoms. The number of hydrogen-bond acceptors (Lipinski definition) is 2. The van der Waals surface area contributed by atoms with E-state index in [1.807, 2.05) is 19.1 Å². The molecule has 0 N–H and O–H groups in total. The van der Waals surface area contributed by atoms with E-state index in [2.05, 4.69) is 47.8 Å². The van der Waals surface area contributed by atoms with Crippen molar-refractivity contribution in [2.45, 2.75) is 40.2 Å². The number of rotatable bonds is 6. The summed E-state index contributed by atoms with van der Waals surface area (Å²) in [7, 11) is 0. The van der Waals surface area contributed by atoms with Gasteiger partial charge in [0.15, 0.2) is 0 Å². The molecule has 0 bridgehead atoms. The van der Waals surface area contributed by atoms with Crippen LogP contribution in [0.25, 0.3) is 0 Å². The first kappa shape index (κ1) is 16.5. The molecule has 20 heavy (non-hydrogen) atoms. The van der Waals surface area contributed by atoms with Crippen LogP contribution in [-0.2, 0) is 4.74 Å². The maximum atomic E-state index is 11.8. The van der Waals surface area contributed by atoms with Crippen molar-refractivity contribution in [3.8, 4) is 0 Å². The quantitative estimate of drug-likeness (QED) is 0.320. The summed E-state index contributed by atoms with van der Waals surface area (Å²) in [4.78, 5) is 11.8. The van der Waals surface area contributed by atoms with Crippen molar-refractivity contribution in [1.29, 1.82) is 0 Å². The second kappa shape index (κ2) is 6.49. The summed E-state index contributed by atoms with van der Waals surface area (Å²) in [5.41, 5.74) is 1.76. The van der Waals surface area contributed by atoms with Gasteiger partial charge in [0.25, 0.3) is 0 Å². The summed E-state index contributed by atoms with van der Waals surface area (Å²) in [5.74, 6) is -0.236. The minimum absolute atomic E-state index is 0.0472. The molecule has 0 saturated heterocycles. The number of benzene rings is 1. The summed E-state index contributed by atoms with van der Waals surface area (Å²) < 4.78 is 5.48. The third-order valence-corrected chi connectivity index (χ3v) is 8.02. The van der Waals surface area contributed by atoms with Gasteiger partial charge in [0.1, 0.15) is 0 Å². The van der Waals surface area contributed by atoms with Crippen LogP contribution in [0.1, 0.15) is 41.6 Å². The fourth-order valence-corrected chi connectivity index (χ4v) is 4.83. The van der Waals surface area contributed by atoms with E-state index >= 15 is 0 Å². The summed E-state index contributed by atoms with van der Waals surface area (Å²) in [6.07, 6.45) is 4.06. The first-order chi connectivity index (χ1) is 9.34. The van der Waals surface area contributed by atoms with Crippen molar-refractivity contribution >= 4 is 53.8 Å². The van der Waals surface area contributed by atoms with E-state index in [0.717, 1.165) is 31.2 Å². The SMILES string of the molecule is Cc1ccc(C(=O)OCCCCC2(Br)CC2(Br)Br)cc1. The van der Waals surface area contributed by atoms with E-state index in [4.69, 9.17) is 4.74 Å². The number of carbonyl (C=O) groups is 1. The van der Waals surface area contributed by atoms with Crippen LogP contribution in [-0.4, -0.2) is 20.1 Å². The minimum Gasteiger partial charge on any atom is -0.462 e. The molecule has 110 valence electrons. The minimum atomic E-state index is -0.236. The molecule has 0 heterocycles. The van der Waals surface area contributed by atoms with Gasteiger partial charge in [-0.3, -0.25) is 0 Å². The first-order valence-electron chi connectivity index (χ1n) is 6.65. The molecule has 1 unspecified atom stereocenters. The standard InChI is InChI=1S/C15H17Br3O2/c1-11-4-6-12(7-5-11)13(19)20-9-3-2-8-14(16)10-15(14,17)18/h4-7H,2-3,8-10H2,1H3. The van der Waals surface area contributed by atoms with Crippen molar-refractivity contribution in [3.05, 3.63) is 35.4 Å². The molecule has 1 atom stereocenters. The molecule has 2 rings (SSSR count). The molecule has 0 amide bonds. The Hall–Kier alpha value is 0.130. The number of halogens is 3. The second-order valence-corrected chi connectivity index (χ2v) is 10.6. The molecule has 2 nitrogen and oxygen atoms in total. The van der Waals surface area contributed by atoms with E-state index in [-0.39, 0.29) is 13.5 Å². The van der Waals surface area contributed by atoms with Gasteiger partial charge >= 0.3 is 5.97 Å². The molecule has 0 aliphatic heterocycles. The largest absolute Gasteiger partial charge is 0.462 e. The monoisotopic (exact) mass is 466 g/mol. The lowest BCUT2D eigenvalue weighted by Gasteiger charge is -2.10. The van der Waals surface area contributed by atoms with Crippen LogP contribution in [0.5, 0.6) is 0 Å². The number of hydrogen-bond donors (Lipinski definition) is 0. The summed E-state index contributed by atoms with van der Waals surface area (Å²) in [6, 6.07) is 7.45. The van der Waals surface area contributed by atoms with Crippen LogP contribution in [0.4, 0.5) is 0 Å². The van der Waals surface area contributed by atoms with Crippen LogP contribution in [0.2, 0.25) is 0 Å². The maximum absolute atomic E-state index is 11.8. The summed E-state index contributed by atoms with van der Waals surface area (Å²) in [5, 5.41) is 0. The maximum Gasteiger partial charge on any atom is 0.338 e. The van der Waals surface area contributed by atoms with Crippen molar-refractivity contribution in [2.75, 3.05) is 6.61 Å². The summed E-state index contributed by atoms with van der Waals surface area (Å²) in [6.45, 7) is 2.48. The molecule has 1 aromatic carbocycles. The van der Waals surface area contributed by atoms with Gasteiger partial charge in [-0.05, 0) is 44.7 Å². The Kier molecular flexibility index (Phi) is 5.35. The van der Waals surface area contributed by atoms with Crippen LogP contribution in [0.15, 0.2) is 24.3 Å². The average Bonchev–Trinajstić information content (AvgIpc) is 2.88. The molecule has 0 aromatic heterocycles. The lowest BCUT2D eigenvalue weighted by molar-refractivity contribution is 0.0498. The third kappa shape index (κ3) is 4.08. The zero-order valence-corrected chi connectivity index (χ0v) is 16.1. The van der Waals surface area contributed by atoms with E-state index in [0.29, 0.717) is 12.2 Å². The Morgan fingerprint density at radius 3 is 2.35 bits per heavy atom. The molecule has 1 saturated carbocycles. The fraction of sp³-hybridized carbons (Fsp3) is 0.533. The molecule has 1 fully saturated rings. The molecule has 1 aliphatic carbocycles. The van der Waals surface area contributed by atoms with Gasteiger partial charge < -0.3 is 4.74 Å². The molecular formula is C15H17Br3O2. The Balaban J connectivity index is 1.64. The molecule has 1 aliphatic rings. The van der Waals surface area contributed by atoms with Gasteiger partial charge in [0, 0.05) is 0 Å². The normalized spacial score (nSPS) is 23.4. The Morgan fingerprint density at radius 1 is 1.20 bits per heavy atom. The van der Waals surface area contributed by atoms with E-state index in [1.165, 1.54) is 0 Å². The summed E-state index contributed by atoms with van der Waals surface area (Å²) >= 11 is 11.0.